The second-order valence-electron chi connectivity index (χ2n) is 4.83. The lowest BCUT2D eigenvalue weighted by Crippen LogP contribution is -2.42. The summed E-state index contributed by atoms with van der Waals surface area (Å²) in [5.74, 6) is 0. The summed E-state index contributed by atoms with van der Waals surface area (Å²) >= 11 is 0. The maximum Gasteiger partial charge on any atom is 0.317 e. The van der Waals surface area contributed by atoms with Gasteiger partial charge in [0.2, 0.25) is 0 Å². The smallest absolute Gasteiger partial charge is 0.317 e. The Morgan fingerprint density at radius 1 is 1.31 bits per heavy atom. The summed E-state index contributed by atoms with van der Waals surface area (Å²) in [6.45, 7) is 8.37. The van der Waals surface area contributed by atoms with Crippen molar-refractivity contribution in [3.63, 3.8) is 0 Å². The minimum Gasteiger partial charge on any atom is -0.335 e. The molecule has 1 N–H and O–H groups in total. The Balaban J connectivity index is 1.79. The van der Waals surface area contributed by atoms with Gasteiger partial charge in [0.05, 0.1) is 0 Å². The minimum atomic E-state index is 0.150. The highest BCUT2D eigenvalue weighted by molar-refractivity contribution is 5.75. The van der Waals surface area contributed by atoms with Crippen LogP contribution in [-0.2, 0) is 0 Å². The van der Waals surface area contributed by atoms with Crippen molar-refractivity contribution in [2.45, 2.75) is 45.2 Å². The molecule has 1 aliphatic carbocycles. The first-order valence-electron chi connectivity index (χ1n) is 6.54. The van der Waals surface area contributed by atoms with Crippen molar-refractivity contribution in [1.29, 1.82) is 0 Å². The highest BCUT2D eigenvalue weighted by Gasteiger charge is 2.31. The molecule has 0 aromatic carbocycles. The van der Waals surface area contributed by atoms with E-state index in [0.29, 0.717) is 12.1 Å². The summed E-state index contributed by atoms with van der Waals surface area (Å²) < 4.78 is 0. The number of carbonyl (C=O) groups is 1. The highest BCUT2D eigenvalue weighted by Crippen LogP contribution is 2.20. The Kier molecular flexibility index (Phi) is 3.69. The van der Waals surface area contributed by atoms with Crippen LogP contribution < -0.4 is 5.32 Å². The van der Waals surface area contributed by atoms with Crippen molar-refractivity contribution in [3.05, 3.63) is 0 Å². The van der Waals surface area contributed by atoms with E-state index in [2.05, 4.69) is 24.1 Å². The third-order valence-corrected chi connectivity index (χ3v) is 3.68. The number of amides is 2. The Hall–Kier alpha value is -0.770. The summed E-state index contributed by atoms with van der Waals surface area (Å²) in [5, 5.41) is 3.06. The van der Waals surface area contributed by atoms with E-state index in [4.69, 9.17) is 0 Å². The van der Waals surface area contributed by atoms with Crippen LogP contribution in [0, 0.1) is 0 Å². The van der Waals surface area contributed by atoms with E-state index in [-0.39, 0.29) is 6.03 Å². The van der Waals surface area contributed by atoms with Crippen LogP contribution in [0.25, 0.3) is 0 Å². The van der Waals surface area contributed by atoms with Crippen LogP contribution in [0.2, 0.25) is 0 Å². The van der Waals surface area contributed by atoms with Gasteiger partial charge in [0.1, 0.15) is 0 Å². The summed E-state index contributed by atoms with van der Waals surface area (Å²) in [5.41, 5.74) is 0. The Labute approximate surface area is 98.0 Å². The van der Waals surface area contributed by atoms with E-state index in [9.17, 15) is 4.79 Å². The van der Waals surface area contributed by atoms with Crippen molar-refractivity contribution < 1.29 is 4.79 Å². The van der Waals surface area contributed by atoms with Gasteiger partial charge in [-0.05, 0) is 32.4 Å². The van der Waals surface area contributed by atoms with Gasteiger partial charge < -0.3 is 10.2 Å². The molecule has 1 saturated carbocycles. The van der Waals surface area contributed by atoms with Gasteiger partial charge in [0.15, 0.2) is 0 Å². The van der Waals surface area contributed by atoms with E-state index in [1.807, 2.05) is 4.90 Å². The van der Waals surface area contributed by atoms with Gasteiger partial charge in [-0.25, -0.2) is 4.79 Å². The lowest BCUT2D eigenvalue weighted by molar-refractivity contribution is 0.192. The molecule has 2 aliphatic rings. The number of hydrogen-bond acceptors (Lipinski definition) is 2. The predicted octanol–water partition coefficient (Wildman–Crippen LogP) is 1.27. The quantitative estimate of drug-likeness (QED) is 0.782. The maximum absolute atomic E-state index is 11.8. The zero-order valence-corrected chi connectivity index (χ0v) is 10.4. The number of likely N-dealkylation sites (N-methyl/N-ethyl adjacent to an activating group) is 1. The minimum absolute atomic E-state index is 0.150. The fourth-order valence-electron chi connectivity index (χ4n) is 2.46. The first-order chi connectivity index (χ1) is 7.74. The van der Waals surface area contributed by atoms with Crippen LogP contribution in [0.4, 0.5) is 4.79 Å². The average molecular weight is 225 g/mol. The molecule has 2 amide bonds. The Morgan fingerprint density at radius 3 is 2.56 bits per heavy atom. The number of nitrogens with one attached hydrogen (secondary N) is 1. The maximum atomic E-state index is 11.8. The molecular weight excluding hydrogens is 202 g/mol. The molecule has 1 heterocycles. The van der Waals surface area contributed by atoms with Gasteiger partial charge >= 0.3 is 6.03 Å². The van der Waals surface area contributed by atoms with Crippen LogP contribution in [0.3, 0.4) is 0 Å². The SMILES string of the molecule is CCN(CC)C1CCN(C(=O)NC2CC2)C1. The van der Waals surface area contributed by atoms with Gasteiger partial charge in [-0.3, -0.25) is 4.90 Å². The predicted molar refractivity (Wildman–Crippen MR) is 64.5 cm³/mol. The molecule has 0 aromatic heterocycles. The molecule has 0 spiro atoms. The van der Waals surface area contributed by atoms with Crippen LogP contribution in [0.5, 0.6) is 0 Å². The van der Waals surface area contributed by atoms with Crippen molar-refractivity contribution >= 4 is 6.03 Å². The van der Waals surface area contributed by atoms with E-state index in [0.717, 1.165) is 32.6 Å². The fraction of sp³-hybridized carbons (Fsp3) is 0.917. The zero-order valence-electron chi connectivity index (χ0n) is 10.4. The number of nitrogens with zero attached hydrogens (tertiary/aromatic N) is 2. The van der Waals surface area contributed by atoms with Crippen molar-refractivity contribution in [3.8, 4) is 0 Å². The Bertz CT molecular complexity index is 249. The number of carbonyl (C=O) groups excluding carboxylic acids is 1. The molecule has 2 rings (SSSR count). The molecule has 1 saturated heterocycles. The molecule has 1 atom stereocenters. The molecular formula is C12H23N3O. The lowest BCUT2D eigenvalue weighted by Gasteiger charge is -2.26. The second kappa shape index (κ2) is 5.04. The topological polar surface area (TPSA) is 35.6 Å². The molecule has 92 valence electrons. The van der Waals surface area contributed by atoms with Crippen LogP contribution in [0.15, 0.2) is 0 Å². The number of urea groups is 1. The van der Waals surface area contributed by atoms with Gasteiger partial charge in [-0.1, -0.05) is 13.8 Å². The summed E-state index contributed by atoms with van der Waals surface area (Å²) in [6.07, 6.45) is 3.46. The molecule has 0 aromatic rings. The average Bonchev–Trinajstić information content (AvgIpc) is 2.96. The van der Waals surface area contributed by atoms with E-state index in [1.165, 1.54) is 12.8 Å². The van der Waals surface area contributed by atoms with E-state index < -0.39 is 0 Å². The normalized spacial score (nSPS) is 25.2. The van der Waals surface area contributed by atoms with Crippen LogP contribution in [-0.4, -0.2) is 54.1 Å². The zero-order chi connectivity index (χ0) is 11.5. The summed E-state index contributed by atoms with van der Waals surface area (Å²) in [6, 6.07) is 1.19. The summed E-state index contributed by atoms with van der Waals surface area (Å²) in [4.78, 5) is 16.3. The van der Waals surface area contributed by atoms with Gasteiger partial charge in [-0.2, -0.15) is 0 Å². The largest absolute Gasteiger partial charge is 0.335 e. The molecule has 4 heteroatoms. The first kappa shape index (κ1) is 11.7. The molecule has 2 fully saturated rings. The molecule has 16 heavy (non-hydrogen) atoms. The lowest BCUT2D eigenvalue weighted by atomic mass is 10.2. The van der Waals surface area contributed by atoms with E-state index >= 15 is 0 Å². The van der Waals surface area contributed by atoms with Gasteiger partial charge in [0.25, 0.3) is 0 Å². The summed E-state index contributed by atoms with van der Waals surface area (Å²) in [7, 11) is 0. The fourth-order valence-corrected chi connectivity index (χ4v) is 2.46. The monoisotopic (exact) mass is 225 g/mol. The van der Waals surface area contributed by atoms with Crippen molar-refractivity contribution in [1.82, 2.24) is 15.1 Å². The van der Waals surface area contributed by atoms with Gasteiger partial charge in [-0.15, -0.1) is 0 Å². The number of hydrogen-bond donors (Lipinski definition) is 1. The number of rotatable bonds is 4. The first-order valence-corrected chi connectivity index (χ1v) is 6.54. The van der Waals surface area contributed by atoms with Crippen molar-refractivity contribution in [2.24, 2.45) is 0 Å². The highest BCUT2D eigenvalue weighted by atomic mass is 16.2. The molecule has 1 unspecified atom stereocenters. The third-order valence-electron chi connectivity index (χ3n) is 3.68. The molecule has 0 bridgehead atoms. The van der Waals surface area contributed by atoms with Gasteiger partial charge in [0, 0.05) is 25.2 Å². The van der Waals surface area contributed by atoms with Crippen LogP contribution >= 0.6 is 0 Å². The van der Waals surface area contributed by atoms with E-state index in [1.54, 1.807) is 0 Å². The van der Waals surface area contributed by atoms with Crippen LogP contribution in [0.1, 0.15) is 33.1 Å². The molecule has 0 radical (unpaired) electrons. The third kappa shape index (κ3) is 2.67. The number of likely N-dealkylation sites (tertiary alicyclic amines) is 1. The molecule has 1 aliphatic heterocycles. The Morgan fingerprint density at radius 2 is 2.00 bits per heavy atom. The van der Waals surface area contributed by atoms with Crippen molar-refractivity contribution in [2.75, 3.05) is 26.2 Å². The standard InChI is InChI=1S/C12H23N3O/c1-3-14(4-2)11-7-8-15(9-11)12(16)13-10-5-6-10/h10-11H,3-9H2,1-2H3,(H,13,16). The molecule has 4 nitrogen and oxygen atoms in total. The second-order valence-corrected chi connectivity index (χ2v) is 4.83.